The lowest BCUT2D eigenvalue weighted by Gasteiger charge is -2.00. The molecule has 0 spiro atoms. The van der Waals surface area contributed by atoms with E-state index < -0.39 is 5.97 Å². The maximum absolute atomic E-state index is 10.4. The number of carbonyl (C=O) groups is 1. The third-order valence-electron chi connectivity index (χ3n) is 3.48. The second kappa shape index (κ2) is 7.19. The van der Waals surface area contributed by atoms with E-state index in [1.807, 2.05) is 52.5 Å². The van der Waals surface area contributed by atoms with Gasteiger partial charge in [0.05, 0.1) is 11.4 Å². The van der Waals surface area contributed by atoms with Gasteiger partial charge in [-0.2, -0.15) is 0 Å². The van der Waals surface area contributed by atoms with Crippen LogP contribution in [0.3, 0.4) is 0 Å². The molecule has 0 atom stereocenters. The SMILES string of the molecule is O=C([O-])CCCCN=Cc1c(-c2ccccc2)nc2sccn12. The molecule has 6 heteroatoms. The maximum atomic E-state index is 10.4. The number of benzene rings is 1. The van der Waals surface area contributed by atoms with Crippen LogP contribution in [0.2, 0.25) is 0 Å². The topological polar surface area (TPSA) is 69.8 Å². The summed E-state index contributed by atoms with van der Waals surface area (Å²) in [6.45, 7) is 0.596. The van der Waals surface area contributed by atoms with Gasteiger partial charge in [0.2, 0.25) is 0 Å². The third-order valence-corrected chi connectivity index (χ3v) is 4.23. The molecule has 0 N–H and O–H groups in total. The van der Waals surface area contributed by atoms with Gasteiger partial charge in [-0.05, 0) is 19.3 Å². The Labute approximate surface area is 138 Å². The average Bonchev–Trinajstić information content (AvgIpc) is 3.13. The second-order valence-corrected chi connectivity index (χ2v) is 6.00. The summed E-state index contributed by atoms with van der Waals surface area (Å²) in [7, 11) is 0. The van der Waals surface area contributed by atoms with Crippen molar-refractivity contribution in [3.05, 3.63) is 47.6 Å². The van der Waals surface area contributed by atoms with Gasteiger partial charge in [0.25, 0.3) is 0 Å². The summed E-state index contributed by atoms with van der Waals surface area (Å²) in [5.41, 5.74) is 2.92. The molecule has 0 unspecified atom stereocenters. The number of thiazole rings is 1. The lowest BCUT2D eigenvalue weighted by atomic mass is 10.1. The highest BCUT2D eigenvalue weighted by Gasteiger charge is 2.12. The van der Waals surface area contributed by atoms with Crippen molar-refractivity contribution < 1.29 is 9.90 Å². The summed E-state index contributed by atoms with van der Waals surface area (Å²) in [6.07, 6.45) is 5.22. The molecular formula is C17H16N3O2S-. The number of aliphatic carboxylic acids is 1. The first-order valence-corrected chi connectivity index (χ1v) is 8.34. The Kier molecular flexibility index (Phi) is 4.83. The van der Waals surface area contributed by atoms with Crippen LogP contribution in [0.15, 0.2) is 46.9 Å². The van der Waals surface area contributed by atoms with Gasteiger partial charge < -0.3 is 9.90 Å². The van der Waals surface area contributed by atoms with Crippen LogP contribution in [-0.2, 0) is 4.79 Å². The Bertz CT molecular complexity index is 821. The van der Waals surface area contributed by atoms with Crippen molar-refractivity contribution in [2.45, 2.75) is 19.3 Å². The number of imidazole rings is 1. The number of carboxylic acids is 1. The molecule has 3 rings (SSSR count). The fourth-order valence-corrected chi connectivity index (χ4v) is 3.08. The highest BCUT2D eigenvalue weighted by atomic mass is 32.1. The number of nitrogens with zero attached hydrogens (tertiary/aromatic N) is 3. The van der Waals surface area contributed by atoms with E-state index in [9.17, 15) is 9.90 Å². The first-order valence-electron chi connectivity index (χ1n) is 7.46. The van der Waals surface area contributed by atoms with Gasteiger partial charge in [-0.1, -0.05) is 30.3 Å². The Morgan fingerprint density at radius 2 is 2.13 bits per heavy atom. The molecule has 0 aliphatic carbocycles. The van der Waals surface area contributed by atoms with Crippen LogP contribution >= 0.6 is 11.3 Å². The highest BCUT2D eigenvalue weighted by Crippen LogP contribution is 2.25. The molecule has 0 fully saturated rings. The number of hydrogen-bond acceptors (Lipinski definition) is 5. The van der Waals surface area contributed by atoms with Gasteiger partial charge in [0.1, 0.15) is 0 Å². The number of unbranched alkanes of at least 4 members (excludes halogenated alkanes) is 1. The van der Waals surface area contributed by atoms with Crippen LogP contribution in [-0.4, -0.2) is 28.1 Å². The van der Waals surface area contributed by atoms with Crippen LogP contribution in [0.25, 0.3) is 16.2 Å². The van der Waals surface area contributed by atoms with Crippen LogP contribution in [0.1, 0.15) is 25.0 Å². The molecule has 118 valence electrons. The highest BCUT2D eigenvalue weighted by molar-refractivity contribution is 7.15. The third kappa shape index (κ3) is 3.65. The van der Waals surface area contributed by atoms with E-state index in [-0.39, 0.29) is 6.42 Å². The zero-order chi connectivity index (χ0) is 16.1. The molecule has 23 heavy (non-hydrogen) atoms. The van der Waals surface area contributed by atoms with E-state index in [0.29, 0.717) is 13.0 Å². The molecular weight excluding hydrogens is 310 g/mol. The lowest BCUT2D eigenvalue weighted by molar-refractivity contribution is -0.305. The standard InChI is InChI=1S/C17H17N3O2S/c21-15(22)8-4-5-9-18-12-14-16(13-6-2-1-3-7-13)19-17-20(14)10-11-23-17/h1-3,6-7,10-12H,4-5,8-9H2,(H,21,22)/p-1. The Morgan fingerprint density at radius 1 is 1.30 bits per heavy atom. The molecule has 1 aromatic carbocycles. The fourth-order valence-electron chi connectivity index (χ4n) is 2.36. The number of rotatable bonds is 7. The maximum Gasteiger partial charge on any atom is 0.194 e. The minimum absolute atomic E-state index is 0.0895. The van der Waals surface area contributed by atoms with Crippen molar-refractivity contribution in [1.82, 2.24) is 9.38 Å². The first-order chi connectivity index (χ1) is 11.3. The van der Waals surface area contributed by atoms with Gasteiger partial charge in [0, 0.05) is 35.9 Å². The molecule has 0 amide bonds. The van der Waals surface area contributed by atoms with Crippen molar-refractivity contribution >= 4 is 28.5 Å². The normalized spacial score (nSPS) is 11.5. The van der Waals surface area contributed by atoms with E-state index >= 15 is 0 Å². The predicted molar refractivity (Wildman–Crippen MR) is 89.8 cm³/mol. The smallest absolute Gasteiger partial charge is 0.194 e. The molecule has 2 heterocycles. The van der Waals surface area contributed by atoms with Crippen LogP contribution < -0.4 is 5.11 Å². The monoisotopic (exact) mass is 326 g/mol. The molecule has 5 nitrogen and oxygen atoms in total. The largest absolute Gasteiger partial charge is 0.550 e. The quantitative estimate of drug-likeness (QED) is 0.494. The summed E-state index contributed by atoms with van der Waals surface area (Å²) in [6, 6.07) is 10.0. The number of carbonyl (C=O) groups excluding carboxylic acids is 1. The van der Waals surface area contributed by atoms with Gasteiger partial charge in [0.15, 0.2) is 4.96 Å². The minimum Gasteiger partial charge on any atom is -0.550 e. The average molecular weight is 326 g/mol. The molecule has 0 aliphatic heterocycles. The van der Waals surface area contributed by atoms with Crippen molar-refractivity contribution in [3.63, 3.8) is 0 Å². The summed E-state index contributed by atoms with van der Waals surface area (Å²) >= 11 is 1.59. The second-order valence-electron chi connectivity index (χ2n) is 5.13. The lowest BCUT2D eigenvalue weighted by Crippen LogP contribution is -2.21. The number of aromatic nitrogens is 2. The minimum atomic E-state index is -1.00. The number of carboxylic acid groups (broad SMARTS) is 1. The zero-order valence-corrected chi connectivity index (χ0v) is 13.3. The van der Waals surface area contributed by atoms with Gasteiger partial charge in [-0.25, -0.2) is 4.98 Å². The van der Waals surface area contributed by atoms with Crippen LogP contribution in [0, 0.1) is 0 Å². The van der Waals surface area contributed by atoms with E-state index in [4.69, 9.17) is 0 Å². The van der Waals surface area contributed by atoms with Crippen molar-refractivity contribution in [2.75, 3.05) is 6.54 Å². The Hall–Kier alpha value is -2.47. The Morgan fingerprint density at radius 3 is 2.91 bits per heavy atom. The van der Waals surface area contributed by atoms with E-state index in [1.54, 1.807) is 11.3 Å². The summed E-state index contributed by atoms with van der Waals surface area (Å²) in [4.78, 5) is 20.4. The summed E-state index contributed by atoms with van der Waals surface area (Å²) in [5, 5.41) is 12.4. The first kappa shape index (κ1) is 15.4. The van der Waals surface area contributed by atoms with Crippen molar-refractivity contribution in [2.24, 2.45) is 4.99 Å². The molecule has 0 bridgehead atoms. The van der Waals surface area contributed by atoms with Crippen molar-refractivity contribution in [1.29, 1.82) is 0 Å². The van der Waals surface area contributed by atoms with Gasteiger partial charge in [-0.3, -0.25) is 9.39 Å². The van der Waals surface area contributed by atoms with E-state index in [2.05, 4.69) is 9.98 Å². The molecule has 0 saturated carbocycles. The molecule has 3 aromatic rings. The predicted octanol–water partition coefficient (Wildman–Crippen LogP) is 2.40. The zero-order valence-electron chi connectivity index (χ0n) is 12.5. The molecule has 0 radical (unpaired) electrons. The molecule has 0 aliphatic rings. The fraction of sp³-hybridized carbons (Fsp3) is 0.235. The van der Waals surface area contributed by atoms with Gasteiger partial charge >= 0.3 is 0 Å². The number of fused-ring (bicyclic) bond motifs is 1. The summed E-state index contributed by atoms with van der Waals surface area (Å²) < 4.78 is 2.03. The Balaban J connectivity index is 1.79. The van der Waals surface area contributed by atoms with Crippen molar-refractivity contribution in [3.8, 4) is 11.3 Å². The summed E-state index contributed by atoms with van der Waals surface area (Å²) in [5.74, 6) is -1.00. The number of aliphatic imine (C=N–C) groups is 1. The van der Waals surface area contributed by atoms with Crippen LogP contribution in [0.4, 0.5) is 0 Å². The molecule has 2 aromatic heterocycles. The van der Waals surface area contributed by atoms with E-state index in [1.165, 1.54) is 0 Å². The van der Waals surface area contributed by atoms with Crippen LogP contribution in [0.5, 0.6) is 0 Å². The number of hydrogen-bond donors (Lipinski definition) is 0. The van der Waals surface area contributed by atoms with Gasteiger partial charge in [-0.15, -0.1) is 11.3 Å². The van der Waals surface area contributed by atoms with E-state index in [0.717, 1.165) is 28.3 Å². The molecule has 0 saturated heterocycles.